The van der Waals surface area contributed by atoms with E-state index in [9.17, 15) is 12.8 Å². The molecular formula is C16H21FN4O3S. The summed E-state index contributed by atoms with van der Waals surface area (Å²) in [5.41, 5.74) is 0.534. The van der Waals surface area contributed by atoms with Crippen LogP contribution in [-0.2, 0) is 16.6 Å². The van der Waals surface area contributed by atoms with Crippen LogP contribution in [0.2, 0.25) is 0 Å². The van der Waals surface area contributed by atoms with Crippen LogP contribution in [0.3, 0.4) is 0 Å². The molecule has 1 aliphatic heterocycles. The van der Waals surface area contributed by atoms with Gasteiger partial charge in [-0.3, -0.25) is 4.90 Å². The second-order valence-corrected chi connectivity index (χ2v) is 8.78. The number of sulfonamides is 1. The zero-order chi connectivity index (χ0) is 18.0. The number of benzene rings is 1. The topological polar surface area (TPSA) is 79.5 Å². The van der Waals surface area contributed by atoms with Crippen LogP contribution >= 0.6 is 0 Å². The van der Waals surface area contributed by atoms with Gasteiger partial charge in [-0.15, -0.1) is 0 Å². The Bertz CT molecular complexity index is 829. The molecule has 0 atom stereocenters. The number of halogens is 1. The average molecular weight is 368 g/mol. The summed E-state index contributed by atoms with van der Waals surface area (Å²) >= 11 is 0. The van der Waals surface area contributed by atoms with E-state index in [1.54, 1.807) is 26.0 Å². The molecule has 7 nitrogen and oxygen atoms in total. The van der Waals surface area contributed by atoms with Crippen molar-refractivity contribution in [1.29, 1.82) is 0 Å². The van der Waals surface area contributed by atoms with Crippen LogP contribution in [0.5, 0.6) is 0 Å². The van der Waals surface area contributed by atoms with Gasteiger partial charge in [0.1, 0.15) is 5.82 Å². The Hall–Kier alpha value is -1.84. The van der Waals surface area contributed by atoms with Gasteiger partial charge in [-0.25, -0.2) is 12.8 Å². The summed E-state index contributed by atoms with van der Waals surface area (Å²) in [5, 5.41) is 3.52. The molecule has 136 valence electrons. The first-order valence-corrected chi connectivity index (χ1v) is 9.66. The number of hydrogen-bond donors (Lipinski definition) is 0. The molecule has 0 spiro atoms. The van der Waals surface area contributed by atoms with Gasteiger partial charge in [-0.2, -0.15) is 9.29 Å². The first-order valence-electron chi connectivity index (χ1n) is 8.16. The van der Waals surface area contributed by atoms with Gasteiger partial charge in [0.25, 0.3) is 5.89 Å². The van der Waals surface area contributed by atoms with E-state index in [0.29, 0.717) is 44.1 Å². The SMILES string of the molecule is CC(C)S(=O)(=O)N1CCN(Cc2noc(-c3cccc(F)c3)n2)CC1. The van der Waals surface area contributed by atoms with Crippen LogP contribution in [0.15, 0.2) is 28.8 Å². The molecule has 1 fully saturated rings. The van der Waals surface area contributed by atoms with Gasteiger partial charge in [-0.05, 0) is 32.0 Å². The number of hydrogen-bond acceptors (Lipinski definition) is 6. The fourth-order valence-electron chi connectivity index (χ4n) is 2.70. The van der Waals surface area contributed by atoms with Gasteiger partial charge in [-0.1, -0.05) is 11.2 Å². The third kappa shape index (κ3) is 4.05. The monoisotopic (exact) mass is 368 g/mol. The maximum atomic E-state index is 13.3. The van der Waals surface area contributed by atoms with Gasteiger partial charge in [0, 0.05) is 31.7 Å². The van der Waals surface area contributed by atoms with Crippen LogP contribution in [0.4, 0.5) is 4.39 Å². The molecule has 1 aromatic carbocycles. The summed E-state index contributed by atoms with van der Waals surface area (Å²) < 4.78 is 44.3. The number of piperazine rings is 1. The Morgan fingerprint density at radius 2 is 1.96 bits per heavy atom. The Labute approximate surface area is 146 Å². The molecule has 0 bridgehead atoms. The highest BCUT2D eigenvalue weighted by atomic mass is 32.2. The maximum absolute atomic E-state index is 13.3. The van der Waals surface area contributed by atoms with Crippen LogP contribution in [0, 0.1) is 5.82 Å². The highest BCUT2D eigenvalue weighted by Gasteiger charge is 2.29. The maximum Gasteiger partial charge on any atom is 0.258 e. The zero-order valence-corrected chi connectivity index (χ0v) is 15.0. The molecule has 2 heterocycles. The Morgan fingerprint density at radius 1 is 1.24 bits per heavy atom. The quantitative estimate of drug-likeness (QED) is 0.800. The molecule has 9 heteroatoms. The normalized spacial score (nSPS) is 17.3. The average Bonchev–Trinajstić information content (AvgIpc) is 3.04. The summed E-state index contributed by atoms with van der Waals surface area (Å²) in [7, 11) is -3.21. The number of rotatable bonds is 5. The van der Waals surface area contributed by atoms with Crippen molar-refractivity contribution in [2.24, 2.45) is 0 Å². The number of nitrogens with zero attached hydrogens (tertiary/aromatic N) is 4. The van der Waals surface area contributed by atoms with E-state index in [1.165, 1.54) is 16.4 Å². The van der Waals surface area contributed by atoms with E-state index in [0.717, 1.165) is 0 Å². The molecule has 0 unspecified atom stereocenters. The largest absolute Gasteiger partial charge is 0.334 e. The standard InChI is InChI=1S/C16H21FN4O3S/c1-12(2)25(22,23)21-8-6-20(7-9-21)11-15-18-16(24-19-15)13-4-3-5-14(17)10-13/h3-5,10,12H,6-9,11H2,1-2H3. The van der Waals surface area contributed by atoms with E-state index in [2.05, 4.69) is 15.0 Å². The van der Waals surface area contributed by atoms with Crippen LogP contribution in [0.25, 0.3) is 11.5 Å². The van der Waals surface area contributed by atoms with E-state index in [-0.39, 0.29) is 11.7 Å². The summed E-state index contributed by atoms with van der Waals surface area (Å²) in [4.78, 5) is 6.37. The highest BCUT2D eigenvalue weighted by molar-refractivity contribution is 7.89. The lowest BCUT2D eigenvalue weighted by atomic mass is 10.2. The predicted octanol–water partition coefficient (Wildman–Crippen LogP) is 1.73. The zero-order valence-electron chi connectivity index (χ0n) is 14.2. The van der Waals surface area contributed by atoms with Crippen molar-refractivity contribution in [2.75, 3.05) is 26.2 Å². The highest BCUT2D eigenvalue weighted by Crippen LogP contribution is 2.19. The minimum Gasteiger partial charge on any atom is -0.334 e. The van der Waals surface area contributed by atoms with E-state index < -0.39 is 15.3 Å². The van der Waals surface area contributed by atoms with E-state index in [1.807, 2.05) is 0 Å². The van der Waals surface area contributed by atoms with Gasteiger partial charge in [0.2, 0.25) is 10.0 Å². The minimum atomic E-state index is -3.21. The third-order valence-corrected chi connectivity index (χ3v) is 6.47. The van der Waals surface area contributed by atoms with Crippen LogP contribution in [0.1, 0.15) is 19.7 Å². The first kappa shape index (κ1) is 18.0. The molecule has 0 aliphatic carbocycles. The van der Waals surface area contributed by atoms with Gasteiger partial charge in [0.05, 0.1) is 11.8 Å². The molecule has 0 radical (unpaired) electrons. The molecule has 1 aliphatic rings. The molecule has 3 rings (SSSR count). The van der Waals surface area contributed by atoms with Gasteiger partial charge >= 0.3 is 0 Å². The fraction of sp³-hybridized carbons (Fsp3) is 0.500. The van der Waals surface area contributed by atoms with Crippen molar-refractivity contribution in [3.63, 3.8) is 0 Å². The molecule has 1 aromatic heterocycles. The van der Waals surface area contributed by atoms with Crippen molar-refractivity contribution < 1.29 is 17.3 Å². The van der Waals surface area contributed by atoms with Crippen LogP contribution < -0.4 is 0 Å². The second-order valence-electron chi connectivity index (χ2n) is 6.29. The molecular weight excluding hydrogens is 347 g/mol. The van der Waals surface area contributed by atoms with Gasteiger partial charge < -0.3 is 4.52 Å². The minimum absolute atomic E-state index is 0.274. The smallest absolute Gasteiger partial charge is 0.258 e. The Balaban J connectivity index is 1.60. The summed E-state index contributed by atoms with van der Waals surface area (Å²) in [5.74, 6) is 0.412. The first-order chi connectivity index (χ1) is 11.9. The second kappa shape index (κ2) is 7.19. The van der Waals surface area contributed by atoms with Crippen molar-refractivity contribution in [3.05, 3.63) is 35.9 Å². The number of aromatic nitrogens is 2. The summed E-state index contributed by atoms with van der Waals surface area (Å²) in [6.45, 7) is 5.97. The van der Waals surface area contributed by atoms with Crippen molar-refractivity contribution in [3.8, 4) is 11.5 Å². The van der Waals surface area contributed by atoms with Crippen LogP contribution in [-0.4, -0.2) is 59.2 Å². The summed E-state index contributed by atoms with van der Waals surface area (Å²) in [6, 6.07) is 5.98. The Kier molecular flexibility index (Phi) is 5.16. The molecule has 1 saturated heterocycles. The predicted molar refractivity (Wildman–Crippen MR) is 90.6 cm³/mol. The molecule has 0 N–H and O–H groups in total. The lowest BCUT2D eigenvalue weighted by Crippen LogP contribution is -2.50. The lowest BCUT2D eigenvalue weighted by molar-refractivity contribution is 0.176. The third-order valence-electron chi connectivity index (χ3n) is 4.19. The van der Waals surface area contributed by atoms with Crippen molar-refractivity contribution in [1.82, 2.24) is 19.3 Å². The van der Waals surface area contributed by atoms with E-state index in [4.69, 9.17) is 4.52 Å². The van der Waals surface area contributed by atoms with Crippen molar-refractivity contribution in [2.45, 2.75) is 25.6 Å². The van der Waals surface area contributed by atoms with Crippen molar-refractivity contribution >= 4 is 10.0 Å². The van der Waals surface area contributed by atoms with Gasteiger partial charge in [0.15, 0.2) is 5.82 Å². The molecule has 0 amide bonds. The molecule has 0 saturated carbocycles. The fourth-order valence-corrected chi connectivity index (χ4v) is 3.97. The van der Waals surface area contributed by atoms with E-state index >= 15 is 0 Å². The molecule has 25 heavy (non-hydrogen) atoms. The Morgan fingerprint density at radius 3 is 2.60 bits per heavy atom. The lowest BCUT2D eigenvalue weighted by Gasteiger charge is -2.34. The molecule has 2 aromatic rings. The summed E-state index contributed by atoms with van der Waals surface area (Å²) in [6.07, 6.45) is 0.